The molecule has 5 heteroatoms. The summed E-state index contributed by atoms with van der Waals surface area (Å²) in [5.41, 5.74) is 1.74. The van der Waals surface area contributed by atoms with Crippen LogP contribution in [0.15, 0.2) is 34.8 Å². The van der Waals surface area contributed by atoms with Gasteiger partial charge in [0.1, 0.15) is 11.6 Å². The number of rotatable bonds is 2. The fourth-order valence-corrected chi connectivity index (χ4v) is 1.96. The summed E-state index contributed by atoms with van der Waals surface area (Å²) in [4.78, 5) is 0. The molecular formula is C14H9BrF2N2. The lowest BCUT2D eigenvalue weighted by molar-refractivity contribution is 0.620. The van der Waals surface area contributed by atoms with Gasteiger partial charge in [-0.1, -0.05) is 0 Å². The van der Waals surface area contributed by atoms with Crippen LogP contribution < -0.4 is 5.32 Å². The fourth-order valence-electron chi connectivity index (χ4n) is 1.61. The molecule has 0 heterocycles. The summed E-state index contributed by atoms with van der Waals surface area (Å²) in [5, 5.41) is 11.5. The third-order valence-corrected chi connectivity index (χ3v) is 3.24. The number of benzene rings is 2. The molecule has 2 aromatic carbocycles. The van der Waals surface area contributed by atoms with E-state index in [4.69, 9.17) is 5.26 Å². The van der Waals surface area contributed by atoms with Crippen molar-refractivity contribution in [2.45, 2.75) is 6.92 Å². The van der Waals surface area contributed by atoms with E-state index in [1.165, 1.54) is 18.2 Å². The minimum Gasteiger partial charge on any atom is -0.353 e. The molecule has 0 saturated carbocycles. The van der Waals surface area contributed by atoms with Crippen molar-refractivity contribution in [1.29, 1.82) is 5.26 Å². The van der Waals surface area contributed by atoms with Crippen LogP contribution in [0.2, 0.25) is 0 Å². The smallest absolute Gasteiger partial charge is 0.147 e. The van der Waals surface area contributed by atoms with Gasteiger partial charge in [-0.2, -0.15) is 5.26 Å². The highest BCUT2D eigenvalue weighted by molar-refractivity contribution is 9.10. The Morgan fingerprint density at radius 3 is 2.47 bits per heavy atom. The number of aryl methyl sites for hydroxylation is 1. The number of nitrogens with one attached hydrogen (secondary N) is 1. The maximum absolute atomic E-state index is 13.7. The van der Waals surface area contributed by atoms with Crippen molar-refractivity contribution in [3.8, 4) is 6.07 Å². The molecule has 0 aromatic heterocycles. The molecule has 0 aliphatic rings. The van der Waals surface area contributed by atoms with Crippen molar-refractivity contribution >= 4 is 27.3 Å². The van der Waals surface area contributed by atoms with Gasteiger partial charge in [-0.15, -0.1) is 0 Å². The number of hydrogen-bond donors (Lipinski definition) is 1. The lowest BCUT2D eigenvalue weighted by Crippen LogP contribution is -1.97. The Balaban J connectivity index is 2.37. The molecule has 0 saturated heterocycles. The number of nitrogens with zero attached hydrogens (tertiary/aromatic N) is 1. The quantitative estimate of drug-likeness (QED) is 0.873. The van der Waals surface area contributed by atoms with E-state index in [2.05, 4.69) is 21.2 Å². The van der Waals surface area contributed by atoms with E-state index in [-0.39, 0.29) is 17.1 Å². The van der Waals surface area contributed by atoms with Crippen molar-refractivity contribution < 1.29 is 8.78 Å². The SMILES string of the molecule is Cc1cc(F)c(Br)cc1Nc1ccc(C#N)cc1F. The Hall–Kier alpha value is -1.93. The van der Waals surface area contributed by atoms with Gasteiger partial charge in [0, 0.05) is 5.69 Å². The van der Waals surface area contributed by atoms with Crippen molar-refractivity contribution in [2.75, 3.05) is 5.32 Å². The third-order valence-electron chi connectivity index (χ3n) is 2.63. The van der Waals surface area contributed by atoms with Gasteiger partial charge < -0.3 is 5.32 Å². The van der Waals surface area contributed by atoms with E-state index in [9.17, 15) is 8.78 Å². The van der Waals surface area contributed by atoms with Gasteiger partial charge in [0.2, 0.25) is 0 Å². The molecule has 0 fully saturated rings. The molecule has 0 aliphatic carbocycles. The van der Waals surface area contributed by atoms with Crippen LogP contribution in [0.4, 0.5) is 20.2 Å². The number of halogens is 3. The molecule has 0 atom stereocenters. The average molecular weight is 323 g/mol. The van der Waals surface area contributed by atoms with Crippen LogP contribution in [0.5, 0.6) is 0 Å². The van der Waals surface area contributed by atoms with E-state index in [1.54, 1.807) is 13.0 Å². The van der Waals surface area contributed by atoms with Crippen LogP contribution in [0.1, 0.15) is 11.1 Å². The summed E-state index contributed by atoms with van der Waals surface area (Å²) >= 11 is 3.08. The molecule has 1 N–H and O–H groups in total. The highest BCUT2D eigenvalue weighted by Gasteiger charge is 2.08. The molecular weight excluding hydrogens is 314 g/mol. The van der Waals surface area contributed by atoms with Gasteiger partial charge in [0.15, 0.2) is 0 Å². The fraction of sp³-hybridized carbons (Fsp3) is 0.0714. The van der Waals surface area contributed by atoms with Crippen LogP contribution in [0.25, 0.3) is 0 Å². The van der Waals surface area contributed by atoms with Gasteiger partial charge in [0.25, 0.3) is 0 Å². The summed E-state index contributed by atoms with van der Waals surface area (Å²) in [6.45, 7) is 1.72. The molecule has 0 spiro atoms. The summed E-state index contributed by atoms with van der Waals surface area (Å²) in [6.07, 6.45) is 0. The second-order valence-corrected chi connectivity index (χ2v) is 4.87. The lowest BCUT2D eigenvalue weighted by Gasteiger charge is -2.11. The Morgan fingerprint density at radius 1 is 1.11 bits per heavy atom. The zero-order valence-electron chi connectivity index (χ0n) is 9.97. The molecule has 0 aliphatic heterocycles. The van der Waals surface area contributed by atoms with E-state index in [0.717, 1.165) is 6.07 Å². The second-order valence-electron chi connectivity index (χ2n) is 4.01. The first-order valence-electron chi connectivity index (χ1n) is 5.43. The maximum Gasteiger partial charge on any atom is 0.147 e. The number of hydrogen-bond acceptors (Lipinski definition) is 2. The van der Waals surface area contributed by atoms with Gasteiger partial charge in [-0.3, -0.25) is 0 Å². The molecule has 2 aromatic rings. The molecule has 96 valence electrons. The van der Waals surface area contributed by atoms with E-state index in [1.807, 2.05) is 6.07 Å². The number of anilines is 2. The topological polar surface area (TPSA) is 35.8 Å². The van der Waals surface area contributed by atoms with Gasteiger partial charge in [0.05, 0.1) is 21.8 Å². The molecule has 19 heavy (non-hydrogen) atoms. The minimum absolute atomic E-state index is 0.237. The zero-order chi connectivity index (χ0) is 14.0. The number of nitriles is 1. The molecule has 2 rings (SSSR count). The first kappa shape index (κ1) is 13.5. The highest BCUT2D eigenvalue weighted by atomic mass is 79.9. The Kier molecular flexibility index (Phi) is 3.82. The van der Waals surface area contributed by atoms with E-state index >= 15 is 0 Å². The average Bonchev–Trinajstić information content (AvgIpc) is 2.38. The first-order valence-corrected chi connectivity index (χ1v) is 6.23. The lowest BCUT2D eigenvalue weighted by atomic mass is 10.1. The molecule has 0 radical (unpaired) electrons. The predicted octanol–water partition coefficient (Wildman–Crippen LogP) is 4.65. The molecule has 0 unspecified atom stereocenters. The van der Waals surface area contributed by atoms with E-state index < -0.39 is 5.82 Å². The van der Waals surface area contributed by atoms with Gasteiger partial charge in [-0.25, -0.2) is 8.78 Å². The molecule has 0 bridgehead atoms. The Bertz CT molecular complexity index is 678. The van der Waals surface area contributed by atoms with Crippen LogP contribution >= 0.6 is 15.9 Å². The monoisotopic (exact) mass is 322 g/mol. The third kappa shape index (κ3) is 2.91. The molecule has 2 nitrogen and oxygen atoms in total. The van der Waals surface area contributed by atoms with Crippen molar-refractivity contribution in [3.05, 3.63) is 57.6 Å². The summed E-state index contributed by atoms with van der Waals surface area (Å²) in [5.74, 6) is -0.901. The van der Waals surface area contributed by atoms with Crippen LogP contribution in [-0.4, -0.2) is 0 Å². The van der Waals surface area contributed by atoms with Crippen molar-refractivity contribution in [1.82, 2.24) is 0 Å². The zero-order valence-corrected chi connectivity index (χ0v) is 11.6. The van der Waals surface area contributed by atoms with Crippen LogP contribution in [-0.2, 0) is 0 Å². The van der Waals surface area contributed by atoms with Crippen molar-refractivity contribution in [3.63, 3.8) is 0 Å². The summed E-state index contributed by atoms with van der Waals surface area (Å²) in [6, 6.07) is 8.90. The van der Waals surface area contributed by atoms with Gasteiger partial charge >= 0.3 is 0 Å². The van der Waals surface area contributed by atoms with Gasteiger partial charge in [-0.05, 0) is 58.7 Å². The standard InChI is InChI=1S/C14H9BrF2N2/c1-8-4-11(16)10(15)6-14(8)19-13-3-2-9(7-18)5-12(13)17/h2-6,19H,1H3. The normalized spacial score (nSPS) is 10.1. The van der Waals surface area contributed by atoms with Crippen LogP contribution in [0, 0.1) is 29.9 Å². The largest absolute Gasteiger partial charge is 0.353 e. The van der Waals surface area contributed by atoms with Crippen LogP contribution in [0.3, 0.4) is 0 Å². The summed E-state index contributed by atoms with van der Waals surface area (Å²) < 4.78 is 27.3. The summed E-state index contributed by atoms with van der Waals surface area (Å²) in [7, 11) is 0. The second kappa shape index (κ2) is 5.37. The van der Waals surface area contributed by atoms with Crippen molar-refractivity contribution in [2.24, 2.45) is 0 Å². The predicted molar refractivity (Wildman–Crippen MR) is 73.2 cm³/mol. The molecule has 0 amide bonds. The minimum atomic E-state index is -0.529. The first-order chi connectivity index (χ1) is 9.01. The van der Waals surface area contributed by atoms with E-state index in [0.29, 0.717) is 15.7 Å². The Labute approximate surface area is 117 Å². The Morgan fingerprint density at radius 2 is 1.84 bits per heavy atom. The highest BCUT2D eigenvalue weighted by Crippen LogP contribution is 2.28. The maximum atomic E-state index is 13.7.